The van der Waals surface area contributed by atoms with E-state index in [4.69, 9.17) is 0 Å². The normalized spacial score (nSPS) is 12.6. The van der Waals surface area contributed by atoms with Gasteiger partial charge in [-0.05, 0) is 0 Å². The van der Waals surface area contributed by atoms with E-state index in [0.717, 1.165) is 0 Å². The molecule has 0 N–H and O–H groups in total. The van der Waals surface area contributed by atoms with Crippen molar-refractivity contribution in [3.63, 3.8) is 0 Å². The molecule has 0 aliphatic carbocycles. The second-order valence-electron chi connectivity index (χ2n) is 1.41. The van der Waals surface area contributed by atoms with Gasteiger partial charge in [0, 0.05) is 0 Å². The molecule has 0 heterocycles. The molecule has 0 spiro atoms. The zero-order chi connectivity index (χ0) is 7.71. The molecule has 0 aromatic rings. The van der Waals surface area contributed by atoms with Crippen LogP contribution >= 0.6 is 0 Å². The third kappa shape index (κ3) is 11.4. The Morgan fingerprint density at radius 3 is 1.00 bits per heavy atom. The van der Waals surface area contributed by atoms with Gasteiger partial charge in [-0.3, -0.25) is 0 Å². The Labute approximate surface area is 76.4 Å². The topological polar surface area (TPSA) is 0 Å². The van der Waals surface area contributed by atoms with Crippen LogP contribution in [-0.2, 0) is 0 Å². The quantitative estimate of drug-likeness (QED) is 0.348. The van der Waals surface area contributed by atoms with Crippen molar-refractivity contribution >= 4 is 0 Å². The van der Waals surface area contributed by atoms with Crippen molar-refractivity contribution in [2.45, 2.75) is 18.8 Å². The van der Waals surface area contributed by atoms with E-state index in [1.807, 2.05) is 0 Å². The molecule has 0 unspecified atom stereocenters. The van der Waals surface area contributed by atoms with E-state index in [1.165, 1.54) is 0 Å². The zero-order valence-electron chi connectivity index (χ0n) is 5.97. The largest absolute Gasteiger partial charge is 1.00 e. The summed E-state index contributed by atoms with van der Waals surface area (Å²) in [6.45, 7) is 0. The molecule has 7 heteroatoms. The third-order valence-electron chi connectivity index (χ3n) is 0.401. The number of halogens is 6. The molecule has 0 aromatic carbocycles. The van der Waals surface area contributed by atoms with Crippen molar-refractivity contribution in [2.24, 2.45) is 0 Å². The molecule has 0 aromatic heterocycles. The summed E-state index contributed by atoms with van der Waals surface area (Å²) in [5, 5.41) is 0. The van der Waals surface area contributed by atoms with Crippen LogP contribution in [0.25, 0.3) is 0 Å². The number of alkyl halides is 6. The van der Waals surface area contributed by atoms with E-state index >= 15 is 0 Å². The molecule has 0 atom stereocenters. The molecule has 0 aliphatic rings. The van der Waals surface area contributed by atoms with Gasteiger partial charge >= 0.3 is 41.9 Å². The van der Waals surface area contributed by atoms with Crippen LogP contribution in [0.15, 0.2) is 0 Å². The van der Waals surface area contributed by atoms with Gasteiger partial charge in [-0.15, -0.1) is 0 Å². The van der Waals surface area contributed by atoms with Gasteiger partial charge in [-0.1, -0.05) is 0 Å². The maximum Gasteiger partial charge on any atom is 1.00 e. The fourth-order valence-electron chi connectivity index (χ4n) is 0.227. The smallest absolute Gasteiger partial charge is 1.00 e. The molecule has 0 fully saturated rings. The molecular formula is C3H3F6Na. The van der Waals surface area contributed by atoms with Gasteiger partial charge in [0.15, 0.2) is 0 Å². The summed E-state index contributed by atoms with van der Waals surface area (Å²) in [7, 11) is 0. The first-order valence-corrected chi connectivity index (χ1v) is 1.84. The Morgan fingerprint density at radius 2 is 1.00 bits per heavy atom. The summed E-state index contributed by atoms with van der Waals surface area (Å²) < 4.78 is 65.0. The molecule has 10 heavy (non-hydrogen) atoms. The second kappa shape index (κ2) is 3.82. The average Bonchev–Trinajstić information content (AvgIpc) is 1.14. The molecule has 0 bridgehead atoms. The van der Waals surface area contributed by atoms with E-state index in [1.54, 1.807) is 0 Å². The van der Waals surface area contributed by atoms with Crippen LogP contribution in [0.4, 0.5) is 26.3 Å². The fourth-order valence-corrected chi connectivity index (χ4v) is 0.227. The van der Waals surface area contributed by atoms with Crippen molar-refractivity contribution in [1.29, 1.82) is 0 Å². The Balaban J connectivity index is -0.000000320. The second-order valence-corrected chi connectivity index (χ2v) is 1.41. The van der Waals surface area contributed by atoms with Crippen LogP contribution in [0.3, 0.4) is 0 Å². The molecular weight excluding hydrogens is 173 g/mol. The van der Waals surface area contributed by atoms with Gasteiger partial charge in [-0.2, -0.15) is 26.3 Å². The van der Waals surface area contributed by atoms with Crippen LogP contribution in [0.2, 0.25) is 0 Å². The van der Waals surface area contributed by atoms with E-state index in [0.29, 0.717) is 0 Å². The third-order valence-corrected chi connectivity index (χ3v) is 0.401. The van der Waals surface area contributed by atoms with Gasteiger partial charge < -0.3 is 1.43 Å². The molecule has 0 saturated carbocycles. The molecule has 0 rings (SSSR count). The summed E-state index contributed by atoms with van der Waals surface area (Å²) >= 11 is 0. The number of hydrogen-bond donors (Lipinski definition) is 0. The molecule has 0 saturated heterocycles. The maximum atomic E-state index is 10.8. The van der Waals surface area contributed by atoms with Gasteiger partial charge in [0.05, 0.1) is 0 Å². The zero-order valence-corrected chi connectivity index (χ0v) is 6.97. The van der Waals surface area contributed by atoms with Crippen molar-refractivity contribution < 1.29 is 57.3 Å². The van der Waals surface area contributed by atoms with Crippen LogP contribution in [0.5, 0.6) is 0 Å². The minimum absolute atomic E-state index is 0. The van der Waals surface area contributed by atoms with Crippen molar-refractivity contribution in [3.8, 4) is 0 Å². The van der Waals surface area contributed by atoms with Gasteiger partial charge in [0.25, 0.3) is 0 Å². The number of hydrogen-bond acceptors (Lipinski definition) is 0. The van der Waals surface area contributed by atoms with Gasteiger partial charge in [0.1, 0.15) is 6.42 Å². The van der Waals surface area contributed by atoms with E-state index in [9.17, 15) is 26.3 Å². The molecule has 0 amide bonds. The summed E-state index contributed by atoms with van der Waals surface area (Å²) in [5.41, 5.74) is 0. The Bertz CT molecular complexity index is 83.0. The summed E-state index contributed by atoms with van der Waals surface area (Å²) in [6, 6.07) is 0. The summed E-state index contributed by atoms with van der Waals surface area (Å²) in [4.78, 5) is 0. The Kier molecular flexibility index (Phi) is 5.04. The van der Waals surface area contributed by atoms with Crippen LogP contribution in [0, 0.1) is 0 Å². The molecule has 0 radical (unpaired) electrons. The number of rotatable bonds is 0. The van der Waals surface area contributed by atoms with Crippen LogP contribution in [-0.4, -0.2) is 12.4 Å². The Morgan fingerprint density at radius 1 is 0.800 bits per heavy atom. The summed E-state index contributed by atoms with van der Waals surface area (Å²) in [5.74, 6) is 0. The first kappa shape index (κ1) is 13.2. The maximum absolute atomic E-state index is 10.8. The van der Waals surface area contributed by atoms with E-state index < -0.39 is 18.8 Å². The van der Waals surface area contributed by atoms with Gasteiger partial charge in [0.2, 0.25) is 0 Å². The molecule has 58 valence electrons. The van der Waals surface area contributed by atoms with E-state index in [-0.39, 0.29) is 31.0 Å². The fraction of sp³-hybridized carbons (Fsp3) is 1.00. The van der Waals surface area contributed by atoms with Crippen molar-refractivity contribution in [2.75, 3.05) is 0 Å². The SMILES string of the molecule is FC(F)(F)CC(F)(F)F.[H-].[Na+]. The van der Waals surface area contributed by atoms with Crippen molar-refractivity contribution in [1.82, 2.24) is 0 Å². The van der Waals surface area contributed by atoms with E-state index in [2.05, 4.69) is 0 Å². The first-order valence-electron chi connectivity index (χ1n) is 1.84. The predicted octanol–water partition coefficient (Wildman–Crippen LogP) is -0.382. The standard InChI is InChI=1S/C3H2F6.Na.H/c4-2(5,6)1-3(7,8)9;;/h1H2;;/q;+1;-1. The molecule has 0 nitrogen and oxygen atoms in total. The first-order chi connectivity index (χ1) is 3.71. The minimum atomic E-state index is -5.14. The van der Waals surface area contributed by atoms with Crippen LogP contribution < -0.4 is 29.6 Å². The Hall–Kier alpha value is 0.580. The monoisotopic (exact) mass is 176 g/mol. The van der Waals surface area contributed by atoms with Crippen molar-refractivity contribution in [3.05, 3.63) is 0 Å². The predicted molar refractivity (Wildman–Crippen MR) is 17.8 cm³/mol. The molecule has 0 aliphatic heterocycles. The minimum Gasteiger partial charge on any atom is -1.00 e. The summed E-state index contributed by atoms with van der Waals surface area (Å²) in [6.07, 6.45) is -13.0. The van der Waals surface area contributed by atoms with Crippen LogP contribution in [0.1, 0.15) is 7.85 Å². The van der Waals surface area contributed by atoms with Gasteiger partial charge in [-0.25, -0.2) is 0 Å². The average molecular weight is 176 g/mol.